The third-order valence-electron chi connectivity index (χ3n) is 4.25. The normalized spacial score (nSPS) is 11.7. The van der Waals surface area contributed by atoms with E-state index < -0.39 is 16.0 Å². The number of nitrogens with zero attached hydrogens (tertiary/aromatic N) is 2. The van der Waals surface area contributed by atoms with Crippen LogP contribution in [-0.2, 0) is 10.0 Å². The molecular weight excluding hydrogens is 380 g/mol. The molecule has 0 amide bonds. The van der Waals surface area contributed by atoms with Crippen LogP contribution in [0.1, 0.15) is 17.3 Å². The lowest BCUT2D eigenvalue weighted by Gasteiger charge is -2.14. The second-order valence-electron chi connectivity index (χ2n) is 6.26. The van der Waals surface area contributed by atoms with E-state index in [0.29, 0.717) is 29.1 Å². The number of carboxylic acid groups (broad SMARTS) is 1. The van der Waals surface area contributed by atoms with Crippen LogP contribution in [0.2, 0.25) is 0 Å². The summed E-state index contributed by atoms with van der Waals surface area (Å²) in [5.41, 5.74) is 1.47. The molecule has 0 saturated heterocycles. The number of pyridine rings is 1. The highest BCUT2D eigenvalue weighted by atomic mass is 32.2. The van der Waals surface area contributed by atoms with Gasteiger partial charge in [0.05, 0.1) is 28.3 Å². The van der Waals surface area contributed by atoms with Crippen molar-refractivity contribution >= 4 is 26.9 Å². The summed E-state index contributed by atoms with van der Waals surface area (Å²) < 4.78 is 31.5. The van der Waals surface area contributed by atoms with Crippen molar-refractivity contribution in [1.82, 2.24) is 9.29 Å². The first-order valence-electron chi connectivity index (χ1n) is 8.58. The summed E-state index contributed by atoms with van der Waals surface area (Å²) in [5, 5.41) is 9.97. The van der Waals surface area contributed by atoms with Crippen LogP contribution in [0, 0.1) is 0 Å². The van der Waals surface area contributed by atoms with Crippen LogP contribution in [0.5, 0.6) is 5.75 Å². The SMILES string of the molecule is CCOc1ccccc1-c1cc(C(=O)O)c2cc(S(=O)(=O)N(C)C)ccc2n1. The maximum absolute atomic E-state index is 12.4. The highest BCUT2D eigenvalue weighted by molar-refractivity contribution is 7.89. The summed E-state index contributed by atoms with van der Waals surface area (Å²) in [6, 6.07) is 13.0. The molecule has 1 heterocycles. The van der Waals surface area contributed by atoms with Crippen molar-refractivity contribution in [2.75, 3.05) is 20.7 Å². The quantitative estimate of drug-likeness (QED) is 0.682. The number of benzene rings is 2. The Bertz CT molecular complexity index is 1160. The van der Waals surface area contributed by atoms with Crippen LogP contribution >= 0.6 is 0 Å². The van der Waals surface area contributed by atoms with Crippen LogP contribution in [0.4, 0.5) is 0 Å². The molecule has 0 aliphatic carbocycles. The van der Waals surface area contributed by atoms with Gasteiger partial charge in [-0.15, -0.1) is 0 Å². The monoisotopic (exact) mass is 400 g/mol. The number of aromatic nitrogens is 1. The Balaban J connectivity index is 2.27. The van der Waals surface area contributed by atoms with Gasteiger partial charge in [0.25, 0.3) is 0 Å². The van der Waals surface area contributed by atoms with E-state index in [9.17, 15) is 18.3 Å². The fourth-order valence-corrected chi connectivity index (χ4v) is 3.78. The number of hydrogen-bond donors (Lipinski definition) is 1. The number of sulfonamides is 1. The lowest BCUT2D eigenvalue weighted by molar-refractivity contribution is 0.0699. The minimum atomic E-state index is -3.69. The first kappa shape index (κ1) is 19.8. The summed E-state index contributed by atoms with van der Waals surface area (Å²) in [6.45, 7) is 2.32. The van der Waals surface area contributed by atoms with Crippen molar-refractivity contribution < 1.29 is 23.1 Å². The van der Waals surface area contributed by atoms with Crippen molar-refractivity contribution in [3.63, 3.8) is 0 Å². The minimum absolute atomic E-state index is 0.0109. The van der Waals surface area contributed by atoms with Crippen LogP contribution in [0.15, 0.2) is 53.4 Å². The van der Waals surface area contributed by atoms with Gasteiger partial charge >= 0.3 is 5.97 Å². The number of rotatable bonds is 6. The standard InChI is InChI=1S/C20H20N2O5S/c1-4-27-19-8-6-5-7-14(19)18-12-16(20(23)24)15-11-13(9-10-17(15)21-18)28(25,26)22(2)3/h5-12H,4H2,1-3H3,(H,23,24). The summed E-state index contributed by atoms with van der Waals surface area (Å²) in [6.07, 6.45) is 0. The molecule has 0 saturated carbocycles. The van der Waals surface area contributed by atoms with Crippen molar-refractivity contribution in [2.24, 2.45) is 0 Å². The Kier molecular flexibility index (Phi) is 5.35. The topological polar surface area (TPSA) is 96.8 Å². The molecular formula is C20H20N2O5S. The molecule has 28 heavy (non-hydrogen) atoms. The number of carboxylic acids is 1. The average molecular weight is 400 g/mol. The zero-order chi connectivity index (χ0) is 20.5. The Hall–Kier alpha value is -2.97. The number of para-hydroxylation sites is 1. The predicted octanol–water partition coefficient (Wildman–Crippen LogP) is 3.25. The lowest BCUT2D eigenvalue weighted by Crippen LogP contribution is -2.22. The number of hydrogen-bond acceptors (Lipinski definition) is 5. The van der Waals surface area contributed by atoms with Crippen molar-refractivity contribution in [2.45, 2.75) is 11.8 Å². The molecule has 0 spiro atoms. The molecule has 0 aliphatic heterocycles. The minimum Gasteiger partial charge on any atom is -0.493 e. The average Bonchev–Trinajstić information content (AvgIpc) is 2.67. The number of carbonyl (C=O) groups is 1. The maximum Gasteiger partial charge on any atom is 0.336 e. The molecule has 7 nitrogen and oxygen atoms in total. The summed E-state index contributed by atoms with van der Waals surface area (Å²) in [7, 11) is -0.854. The van der Waals surface area contributed by atoms with Gasteiger partial charge in [-0.25, -0.2) is 22.5 Å². The zero-order valence-electron chi connectivity index (χ0n) is 15.7. The number of aromatic carboxylic acids is 1. The molecule has 0 radical (unpaired) electrons. The fraction of sp³-hybridized carbons (Fsp3) is 0.200. The van der Waals surface area contributed by atoms with Crippen LogP contribution in [-0.4, -0.2) is 49.5 Å². The van der Waals surface area contributed by atoms with Crippen LogP contribution < -0.4 is 4.74 Å². The van der Waals surface area contributed by atoms with Gasteiger partial charge in [0.2, 0.25) is 10.0 Å². The van der Waals surface area contributed by atoms with Gasteiger partial charge in [-0.05, 0) is 43.3 Å². The van der Waals surface area contributed by atoms with Crippen LogP contribution in [0.25, 0.3) is 22.2 Å². The first-order valence-corrected chi connectivity index (χ1v) is 10.0. The van der Waals surface area contributed by atoms with Gasteiger partial charge < -0.3 is 9.84 Å². The van der Waals surface area contributed by atoms with Gasteiger partial charge in [-0.3, -0.25) is 0 Å². The van der Waals surface area contributed by atoms with Crippen LogP contribution in [0.3, 0.4) is 0 Å². The van der Waals surface area contributed by atoms with Gasteiger partial charge in [-0.1, -0.05) is 12.1 Å². The molecule has 0 atom stereocenters. The Morgan fingerprint density at radius 2 is 1.86 bits per heavy atom. The summed E-state index contributed by atoms with van der Waals surface area (Å²) >= 11 is 0. The summed E-state index contributed by atoms with van der Waals surface area (Å²) in [4.78, 5) is 16.4. The highest BCUT2D eigenvalue weighted by Gasteiger charge is 2.21. The first-order chi connectivity index (χ1) is 13.3. The smallest absolute Gasteiger partial charge is 0.336 e. The molecule has 0 unspecified atom stereocenters. The Morgan fingerprint density at radius 1 is 1.14 bits per heavy atom. The molecule has 0 aliphatic rings. The third-order valence-corrected chi connectivity index (χ3v) is 6.06. The third kappa shape index (κ3) is 3.56. The van der Waals surface area contributed by atoms with E-state index in [2.05, 4.69) is 4.98 Å². The van der Waals surface area contributed by atoms with E-state index in [1.54, 1.807) is 12.1 Å². The van der Waals surface area contributed by atoms with E-state index in [1.165, 1.54) is 38.4 Å². The Morgan fingerprint density at radius 3 is 2.50 bits per heavy atom. The van der Waals surface area contributed by atoms with Gasteiger partial charge in [0.1, 0.15) is 5.75 Å². The van der Waals surface area contributed by atoms with E-state index >= 15 is 0 Å². The number of ether oxygens (including phenoxy) is 1. The van der Waals surface area contributed by atoms with Crippen molar-refractivity contribution in [3.8, 4) is 17.0 Å². The predicted molar refractivity (Wildman–Crippen MR) is 106 cm³/mol. The molecule has 8 heteroatoms. The highest BCUT2D eigenvalue weighted by Crippen LogP contribution is 2.32. The molecule has 2 aromatic carbocycles. The molecule has 146 valence electrons. The largest absolute Gasteiger partial charge is 0.493 e. The van der Waals surface area contributed by atoms with Crippen molar-refractivity contribution in [3.05, 3.63) is 54.1 Å². The van der Waals surface area contributed by atoms with E-state index in [0.717, 1.165) is 4.31 Å². The molecule has 3 rings (SSSR count). The van der Waals surface area contributed by atoms with E-state index in [-0.39, 0.29) is 15.8 Å². The van der Waals surface area contributed by atoms with Gasteiger partial charge in [0.15, 0.2) is 0 Å². The maximum atomic E-state index is 12.4. The molecule has 1 aromatic heterocycles. The second-order valence-corrected chi connectivity index (χ2v) is 8.41. The second kappa shape index (κ2) is 7.57. The lowest BCUT2D eigenvalue weighted by atomic mass is 10.0. The zero-order valence-corrected chi connectivity index (χ0v) is 16.5. The molecule has 3 aromatic rings. The summed E-state index contributed by atoms with van der Waals surface area (Å²) in [5.74, 6) is -0.568. The Labute approximate surface area is 163 Å². The molecule has 1 N–H and O–H groups in total. The molecule has 0 fully saturated rings. The van der Waals surface area contributed by atoms with Gasteiger partial charge in [0, 0.05) is 25.0 Å². The number of fused-ring (bicyclic) bond motifs is 1. The molecule has 0 bridgehead atoms. The van der Waals surface area contributed by atoms with Gasteiger partial charge in [-0.2, -0.15) is 0 Å². The van der Waals surface area contributed by atoms with Crippen molar-refractivity contribution in [1.29, 1.82) is 0 Å². The van der Waals surface area contributed by atoms with E-state index in [1.807, 2.05) is 19.1 Å². The fourth-order valence-electron chi connectivity index (χ4n) is 2.85. The van der Waals surface area contributed by atoms with E-state index in [4.69, 9.17) is 4.74 Å².